The van der Waals surface area contributed by atoms with Crippen LogP contribution >= 0.6 is 0 Å². The van der Waals surface area contributed by atoms with E-state index >= 15 is 0 Å². The Labute approximate surface area is 161 Å². The van der Waals surface area contributed by atoms with Gasteiger partial charge in [0.15, 0.2) is 5.58 Å². The van der Waals surface area contributed by atoms with Crippen LogP contribution in [0.2, 0.25) is 0 Å². The van der Waals surface area contributed by atoms with Gasteiger partial charge in [0.1, 0.15) is 17.4 Å². The summed E-state index contributed by atoms with van der Waals surface area (Å²) in [7, 11) is 0. The van der Waals surface area contributed by atoms with Crippen molar-refractivity contribution in [3.05, 3.63) is 70.0 Å². The van der Waals surface area contributed by atoms with Crippen LogP contribution in [-0.4, -0.2) is 20.1 Å². The fourth-order valence-electron chi connectivity index (χ4n) is 3.34. The topological polar surface area (TPSA) is 81.5 Å². The lowest BCUT2D eigenvalue weighted by Gasteiger charge is -2.16. The van der Waals surface area contributed by atoms with E-state index in [9.17, 15) is 9.59 Å². The minimum atomic E-state index is -0.727. The van der Waals surface area contributed by atoms with Crippen molar-refractivity contribution in [3.8, 4) is 0 Å². The average molecular weight is 378 g/mol. The molecule has 0 unspecified atom stereocenters. The number of hydrogen-bond donors (Lipinski definition) is 1. The van der Waals surface area contributed by atoms with E-state index < -0.39 is 6.04 Å². The van der Waals surface area contributed by atoms with Crippen LogP contribution in [0.25, 0.3) is 16.6 Å². The van der Waals surface area contributed by atoms with Crippen molar-refractivity contribution < 1.29 is 9.21 Å². The number of carbonyl (C=O) groups excluding carboxylic acids is 1. The fraction of sp³-hybridized carbons (Fsp3) is 0.286. The van der Waals surface area contributed by atoms with Gasteiger partial charge in [-0.3, -0.25) is 14.0 Å². The predicted octanol–water partition coefficient (Wildman–Crippen LogP) is 2.99. The number of furan rings is 1. The third-order valence-electron chi connectivity index (χ3n) is 4.98. The molecule has 7 nitrogen and oxygen atoms in total. The zero-order valence-corrected chi connectivity index (χ0v) is 16.1. The average Bonchev–Trinajstić information content (AvgIpc) is 3.29. The second kappa shape index (κ2) is 6.99. The lowest BCUT2D eigenvalue weighted by atomic mass is 10.1. The van der Waals surface area contributed by atoms with Crippen molar-refractivity contribution in [2.24, 2.45) is 0 Å². The van der Waals surface area contributed by atoms with Crippen LogP contribution in [0.4, 0.5) is 0 Å². The molecule has 0 bridgehead atoms. The maximum absolute atomic E-state index is 13.0. The largest absolute Gasteiger partial charge is 0.463 e. The molecule has 0 aliphatic rings. The third kappa shape index (κ3) is 2.98. The molecule has 1 amide bonds. The standard InChI is InChI=1S/C21H22N4O3/c1-4-19-23-25(21(27)17-11-18-16(24(17)19)9-10-28-18)14(3)20(26)22-12-15-7-5-13(2)6-8-15/h5-11,14H,4,12H2,1-3H3,(H,22,26)/t14-/m1/s1. The van der Waals surface area contributed by atoms with Crippen LogP contribution < -0.4 is 10.9 Å². The van der Waals surface area contributed by atoms with Crippen LogP contribution in [0.5, 0.6) is 0 Å². The van der Waals surface area contributed by atoms with Gasteiger partial charge in [0, 0.05) is 25.1 Å². The fourth-order valence-corrected chi connectivity index (χ4v) is 3.34. The number of nitrogens with one attached hydrogen (secondary N) is 1. The van der Waals surface area contributed by atoms with Crippen molar-refractivity contribution >= 4 is 22.5 Å². The molecule has 4 rings (SSSR count). The lowest BCUT2D eigenvalue weighted by Crippen LogP contribution is -2.38. The molecule has 3 heterocycles. The zero-order chi connectivity index (χ0) is 19.8. The van der Waals surface area contributed by atoms with E-state index in [1.165, 1.54) is 4.68 Å². The molecule has 1 N–H and O–H groups in total. The number of aryl methyl sites for hydroxylation is 2. The van der Waals surface area contributed by atoms with Crippen LogP contribution in [0.1, 0.15) is 36.8 Å². The van der Waals surface area contributed by atoms with Crippen molar-refractivity contribution in [2.45, 2.75) is 39.8 Å². The first-order chi connectivity index (χ1) is 13.5. The van der Waals surface area contributed by atoms with Crippen LogP contribution in [0.15, 0.2) is 51.9 Å². The van der Waals surface area contributed by atoms with Gasteiger partial charge in [0.2, 0.25) is 5.91 Å². The number of rotatable bonds is 5. The molecule has 0 spiro atoms. The van der Waals surface area contributed by atoms with Gasteiger partial charge in [-0.2, -0.15) is 5.10 Å². The Bertz CT molecular complexity index is 1210. The van der Waals surface area contributed by atoms with Gasteiger partial charge in [0.05, 0.1) is 11.8 Å². The van der Waals surface area contributed by atoms with Crippen LogP contribution in [0.3, 0.4) is 0 Å². The smallest absolute Gasteiger partial charge is 0.291 e. The maximum atomic E-state index is 13.0. The Morgan fingerprint density at radius 3 is 2.68 bits per heavy atom. The molecule has 0 aliphatic heterocycles. The first kappa shape index (κ1) is 18.0. The highest BCUT2D eigenvalue weighted by molar-refractivity contribution is 5.83. The number of carbonyl (C=O) groups is 1. The number of amides is 1. The molecular weight excluding hydrogens is 356 g/mol. The summed E-state index contributed by atoms with van der Waals surface area (Å²) in [5.74, 6) is 0.445. The summed E-state index contributed by atoms with van der Waals surface area (Å²) in [6.45, 7) is 6.06. The normalized spacial score (nSPS) is 12.5. The molecule has 0 saturated heterocycles. The van der Waals surface area contributed by atoms with Crippen molar-refractivity contribution in [3.63, 3.8) is 0 Å². The monoisotopic (exact) mass is 378 g/mol. The van der Waals surface area contributed by atoms with Gasteiger partial charge in [-0.05, 0) is 19.4 Å². The molecule has 0 aliphatic carbocycles. The number of benzene rings is 1. The molecule has 1 atom stereocenters. The number of aromatic nitrogens is 3. The van der Waals surface area contributed by atoms with E-state index in [1.54, 1.807) is 23.7 Å². The van der Waals surface area contributed by atoms with Crippen molar-refractivity contribution in [1.29, 1.82) is 0 Å². The van der Waals surface area contributed by atoms with Crippen LogP contribution in [-0.2, 0) is 17.8 Å². The van der Waals surface area contributed by atoms with Gasteiger partial charge in [0.25, 0.3) is 5.56 Å². The van der Waals surface area contributed by atoms with Crippen molar-refractivity contribution in [1.82, 2.24) is 19.5 Å². The second-order valence-corrected chi connectivity index (χ2v) is 6.93. The Balaban J connectivity index is 1.65. The van der Waals surface area contributed by atoms with Gasteiger partial charge >= 0.3 is 0 Å². The molecule has 1 aromatic carbocycles. The molecule has 3 aromatic heterocycles. The first-order valence-electron chi connectivity index (χ1n) is 9.33. The summed E-state index contributed by atoms with van der Waals surface area (Å²) >= 11 is 0. The summed E-state index contributed by atoms with van der Waals surface area (Å²) in [4.78, 5) is 25.6. The third-order valence-corrected chi connectivity index (χ3v) is 4.98. The van der Waals surface area contributed by atoms with Gasteiger partial charge in [-0.15, -0.1) is 0 Å². The Hall–Kier alpha value is -3.35. The van der Waals surface area contributed by atoms with E-state index in [-0.39, 0.29) is 11.5 Å². The highest BCUT2D eigenvalue weighted by atomic mass is 16.3. The second-order valence-electron chi connectivity index (χ2n) is 6.93. The lowest BCUT2D eigenvalue weighted by molar-refractivity contribution is -0.124. The summed E-state index contributed by atoms with van der Waals surface area (Å²) in [5, 5.41) is 7.36. The summed E-state index contributed by atoms with van der Waals surface area (Å²) < 4.78 is 8.49. The van der Waals surface area contributed by atoms with Crippen molar-refractivity contribution in [2.75, 3.05) is 0 Å². The quantitative estimate of drug-likeness (QED) is 0.579. The molecule has 28 heavy (non-hydrogen) atoms. The number of nitrogens with zero attached hydrogens (tertiary/aromatic N) is 3. The highest BCUT2D eigenvalue weighted by Gasteiger charge is 2.22. The van der Waals surface area contributed by atoms with E-state index in [4.69, 9.17) is 4.42 Å². The summed E-state index contributed by atoms with van der Waals surface area (Å²) in [5.41, 5.74) is 3.74. The zero-order valence-electron chi connectivity index (χ0n) is 16.1. The predicted molar refractivity (Wildman–Crippen MR) is 106 cm³/mol. The molecule has 0 fully saturated rings. The van der Waals surface area contributed by atoms with Gasteiger partial charge in [-0.25, -0.2) is 4.68 Å². The molecule has 0 radical (unpaired) electrons. The summed E-state index contributed by atoms with van der Waals surface area (Å²) in [6.07, 6.45) is 2.20. The molecule has 144 valence electrons. The van der Waals surface area contributed by atoms with E-state index in [2.05, 4.69) is 10.4 Å². The van der Waals surface area contributed by atoms with Gasteiger partial charge in [-0.1, -0.05) is 36.8 Å². The Kier molecular flexibility index (Phi) is 4.50. The number of fused-ring (bicyclic) bond motifs is 3. The minimum absolute atomic E-state index is 0.253. The van der Waals surface area contributed by atoms with E-state index in [0.717, 1.165) is 16.6 Å². The maximum Gasteiger partial charge on any atom is 0.291 e. The van der Waals surface area contributed by atoms with E-state index in [1.807, 2.05) is 44.2 Å². The molecular formula is C21H22N4O3. The van der Waals surface area contributed by atoms with E-state index in [0.29, 0.717) is 29.9 Å². The molecule has 7 heteroatoms. The highest BCUT2D eigenvalue weighted by Crippen LogP contribution is 2.21. The number of hydrogen-bond acceptors (Lipinski definition) is 4. The minimum Gasteiger partial charge on any atom is -0.463 e. The summed E-state index contributed by atoms with van der Waals surface area (Å²) in [6, 6.07) is 10.7. The first-order valence-corrected chi connectivity index (χ1v) is 9.33. The Morgan fingerprint density at radius 2 is 1.96 bits per heavy atom. The van der Waals surface area contributed by atoms with Crippen LogP contribution in [0, 0.1) is 6.92 Å². The Morgan fingerprint density at radius 1 is 1.21 bits per heavy atom. The SMILES string of the molecule is CCc1nn([C@H](C)C(=O)NCc2ccc(C)cc2)c(=O)c2cc3occc3n12. The molecule has 4 aromatic rings. The molecule has 0 saturated carbocycles. The van der Waals surface area contributed by atoms with Gasteiger partial charge < -0.3 is 9.73 Å².